The summed E-state index contributed by atoms with van der Waals surface area (Å²) < 4.78 is 0. The average molecular weight is 158 g/mol. The number of rotatable bonds is 4. The van der Waals surface area contributed by atoms with E-state index in [0.717, 1.165) is 12.6 Å². The minimum absolute atomic E-state index is 0.481. The topological polar surface area (TPSA) is 69.1 Å². The molecule has 0 aromatic rings. The molecule has 0 aliphatic heterocycles. The molecule has 0 aliphatic rings. The van der Waals surface area contributed by atoms with Crippen LogP contribution >= 0.6 is 0 Å². The fourth-order valence-corrected chi connectivity index (χ4v) is 0.394. The van der Waals surface area contributed by atoms with Crippen LogP contribution in [0.25, 0.3) is 0 Å². The van der Waals surface area contributed by atoms with Gasteiger partial charge in [-0.15, -0.1) is 0 Å². The third kappa shape index (κ3) is 27.1. The van der Waals surface area contributed by atoms with E-state index in [-0.39, 0.29) is 0 Å². The number of hydrogen-bond acceptors (Lipinski definition) is 2. The Kier molecular flexibility index (Phi) is 13.9. The van der Waals surface area contributed by atoms with Crippen molar-refractivity contribution in [3.05, 3.63) is 12.7 Å². The number of amides is 1. The first kappa shape index (κ1) is 12.8. The van der Waals surface area contributed by atoms with Crippen molar-refractivity contribution in [1.82, 2.24) is 0 Å². The third-order valence-corrected chi connectivity index (χ3v) is 1.01. The summed E-state index contributed by atoms with van der Waals surface area (Å²) >= 11 is 0. The molecule has 0 aliphatic carbocycles. The molecule has 0 rings (SSSR count). The number of hydrogen-bond donors (Lipinski definition) is 2. The van der Waals surface area contributed by atoms with E-state index in [1.54, 1.807) is 0 Å². The normalized spacial score (nSPS) is 7.82. The molecule has 0 atom stereocenters. The minimum Gasteiger partial charge on any atom is -0.366 e. The Morgan fingerprint density at radius 3 is 2.09 bits per heavy atom. The zero-order valence-corrected chi connectivity index (χ0v) is 7.18. The Labute approximate surface area is 68.5 Å². The predicted octanol–water partition coefficient (Wildman–Crippen LogP) is 0.793. The molecule has 11 heavy (non-hydrogen) atoms. The summed E-state index contributed by atoms with van der Waals surface area (Å²) in [6, 6.07) is 0. The number of nitrogens with two attached hydrogens (primary N) is 2. The molecule has 3 heteroatoms. The van der Waals surface area contributed by atoms with Gasteiger partial charge in [0.2, 0.25) is 5.91 Å². The number of carbonyl (C=O) groups is 1. The number of unbranched alkanes of at least 4 members (excludes halogenated alkanes) is 2. The van der Waals surface area contributed by atoms with Crippen LogP contribution in [0.1, 0.15) is 26.2 Å². The van der Waals surface area contributed by atoms with E-state index in [1.807, 2.05) is 0 Å². The van der Waals surface area contributed by atoms with Gasteiger partial charge in [-0.3, -0.25) is 4.79 Å². The molecule has 0 aromatic heterocycles. The molecule has 0 radical (unpaired) electrons. The summed E-state index contributed by atoms with van der Waals surface area (Å²) in [4.78, 5) is 9.47. The van der Waals surface area contributed by atoms with E-state index in [2.05, 4.69) is 19.2 Å². The maximum atomic E-state index is 9.47. The maximum absolute atomic E-state index is 9.47. The second kappa shape index (κ2) is 11.9. The molecule has 0 heterocycles. The van der Waals surface area contributed by atoms with E-state index >= 15 is 0 Å². The Morgan fingerprint density at radius 2 is 2.00 bits per heavy atom. The van der Waals surface area contributed by atoms with Crippen LogP contribution in [0.5, 0.6) is 0 Å². The summed E-state index contributed by atoms with van der Waals surface area (Å²) in [5, 5.41) is 0. The monoisotopic (exact) mass is 158 g/mol. The molecular formula is C8H18N2O. The summed E-state index contributed by atoms with van der Waals surface area (Å²) in [5.74, 6) is -0.481. The summed E-state index contributed by atoms with van der Waals surface area (Å²) in [6.07, 6.45) is 4.81. The van der Waals surface area contributed by atoms with Crippen molar-refractivity contribution in [2.75, 3.05) is 6.54 Å². The van der Waals surface area contributed by atoms with Crippen LogP contribution < -0.4 is 11.5 Å². The lowest BCUT2D eigenvalue weighted by Crippen LogP contribution is -2.04. The second-order valence-electron chi connectivity index (χ2n) is 2.10. The van der Waals surface area contributed by atoms with Crippen LogP contribution in [0.2, 0.25) is 0 Å². The molecule has 0 saturated carbocycles. The minimum atomic E-state index is -0.481. The fourth-order valence-electron chi connectivity index (χ4n) is 0.394. The van der Waals surface area contributed by atoms with Crippen molar-refractivity contribution in [1.29, 1.82) is 0 Å². The molecule has 0 saturated heterocycles. The van der Waals surface area contributed by atoms with Gasteiger partial charge in [0.05, 0.1) is 0 Å². The zero-order chi connectivity index (χ0) is 9.11. The van der Waals surface area contributed by atoms with Crippen LogP contribution in [-0.4, -0.2) is 12.5 Å². The van der Waals surface area contributed by atoms with Gasteiger partial charge >= 0.3 is 0 Å². The van der Waals surface area contributed by atoms with E-state index in [9.17, 15) is 4.79 Å². The van der Waals surface area contributed by atoms with Crippen LogP contribution in [-0.2, 0) is 4.79 Å². The lowest BCUT2D eigenvalue weighted by molar-refractivity contribution is -0.113. The van der Waals surface area contributed by atoms with Crippen LogP contribution in [0, 0.1) is 0 Å². The lowest BCUT2D eigenvalue weighted by Gasteiger charge is -1.86. The van der Waals surface area contributed by atoms with Crippen LogP contribution in [0.15, 0.2) is 12.7 Å². The van der Waals surface area contributed by atoms with Gasteiger partial charge in [0.15, 0.2) is 0 Å². The molecule has 1 amide bonds. The molecule has 0 fully saturated rings. The highest BCUT2D eigenvalue weighted by Crippen LogP contribution is 1.88. The molecular weight excluding hydrogens is 140 g/mol. The van der Waals surface area contributed by atoms with Gasteiger partial charge in [0, 0.05) is 0 Å². The average Bonchev–Trinajstić information content (AvgIpc) is 2.02. The molecule has 0 aromatic carbocycles. The van der Waals surface area contributed by atoms with Crippen LogP contribution in [0.4, 0.5) is 0 Å². The third-order valence-electron chi connectivity index (χ3n) is 1.01. The number of primary amides is 1. The lowest BCUT2D eigenvalue weighted by atomic mass is 10.3. The standard InChI is InChI=1S/C5H13N.C3H5NO/c1-2-3-4-5-6;1-2-3(4)5/h2-6H2,1H3;2H,1H2,(H2,4,5). The van der Waals surface area contributed by atoms with Gasteiger partial charge in [-0.05, 0) is 19.0 Å². The summed E-state index contributed by atoms with van der Waals surface area (Å²) in [5.41, 5.74) is 9.75. The van der Waals surface area contributed by atoms with Crippen molar-refractivity contribution in [2.45, 2.75) is 26.2 Å². The molecule has 66 valence electrons. The first-order valence-electron chi connectivity index (χ1n) is 3.81. The van der Waals surface area contributed by atoms with Crippen molar-refractivity contribution < 1.29 is 4.79 Å². The molecule has 3 nitrogen and oxygen atoms in total. The smallest absolute Gasteiger partial charge is 0.240 e. The van der Waals surface area contributed by atoms with Crippen molar-refractivity contribution in [3.8, 4) is 0 Å². The Morgan fingerprint density at radius 1 is 1.55 bits per heavy atom. The van der Waals surface area contributed by atoms with E-state index in [1.165, 1.54) is 19.3 Å². The van der Waals surface area contributed by atoms with Crippen molar-refractivity contribution >= 4 is 5.91 Å². The number of carbonyl (C=O) groups excluding carboxylic acids is 1. The Hall–Kier alpha value is -0.830. The summed E-state index contributed by atoms with van der Waals surface area (Å²) in [6.45, 7) is 6.12. The predicted molar refractivity (Wildman–Crippen MR) is 48.0 cm³/mol. The zero-order valence-electron chi connectivity index (χ0n) is 7.18. The second-order valence-corrected chi connectivity index (χ2v) is 2.10. The molecule has 0 unspecified atom stereocenters. The Bertz CT molecular complexity index is 98.3. The highest BCUT2D eigenvalue weighted by Gasteiger charge is 1.75. The molecule has 4 N–H and O–H groups in total. The quantitative estimate of drug-likeness (QED) is 0.469. The summed E-state index contributed by atoms with van der Waals surface area (Å²) in [7, 11) is 0. The molecule has 0 bridgehead atoms. The first-order valence-corrected chi connectivity index (χ1v) is 3.81. The molecule has 0 spiro atoms. The van der Waals surface area contributed by atoms with E-state index < -0.39 is 5.91 Å². The van der Waals surface area contributed by atoms with Crippen molar-refractivity contribution in [2.24, 2.45) is 11.5 Å². The van der Waals surface area contributed by atoms with Gasteiger partial charge in [-0.1, -0.05) is 26.3 Å². The fraction of sp³-hybridized carbons (Fsp3) is 0.625. The van der Waals surface area contributed by atoms with E-state index in [4.69, 9.17) is 5.73 Å². The van der Waals surface area contributed by atoms with Gasteiger partial charge in [0.1, 0.15) is 0 Å². The van der Waals surface area contributed by atoms with Gasteiger partial charge in [0.25, 0.3) is 0 Å². The van der Waals surface area contributed by atoms with Gasteiger partial charge < -0.3 is 11.5 Å². The van der Waals surface area contributed by atoms with Crippen LogP contribution in [0.3, 0.4) is 0 Å². The SMILES string of the molecule is C=CC(N)=O.CCCCCN. The highest BCUT2D eigenvalue weighted by molar-refractivity contribution is 5.84. The van der Waals surface area contributed by atoms with E-state index in [0.29, 0.717) is 0 Å². The van der Waals surface area contributed by atoms with Gasteiger partial charge in [-0.25, -0.2) is 0 Å². The highest BCUT2D eigenvalue weighted by atomic mass is 16.1. The first-order chi connectivity index (χ1) is 5.18. The largest absolute Gasteiger partial charge is 0.366 e. The Balaban J connectivity index is 0. The maximum Gasteiger partial charge on any atom is 0.240 e. The van der Waals surface area contributed by atoms with Crippen molar-refractivity contribution in [3.63, 3.8) is 0 Å². The van der Waals surface area contributed by atoms with Gasteiger partial charge in [-0.2, -0.15) is 0 Å².